The van der Waals surface area contributed by atoms with E-state index in [2.05, 4.69) is 20.2 Å². The number of hydrogen-bond acceptors (Lipinski definition) is 4. The van der Waals surface area contributed by atoms with Gasteiger partial charge in [-0.3, -0.25) is 0 Å². The molecule has 102 valence electrons. The van der Waals surface area contributed by atoms with Crippen molar-refractivity contribution in [1.82, 2.24) is 10.2 Å². The quantitative estimate of drug-likeness (QED) is 0.402. The minimum atomic E-state index is -0.648. The van der Waals surface area contributed by atoms with E-state index in [-0.39, 0.29) is 11.6 Å². The topological polar surface area (TPSA) is 87.7 Å². The largest absolute Gasteiger partial charge is 0.416 e. The number of hydrogen-bond donors (Lipinski definition) is 0. The van der Waals surface area contributed by atoms with Crippen LogP contribution in [-0.2, 0) is 0 Å². The summed E-state index contributed by atoms with van der Waals surface area (Å²) in [6.07, 6.45) is 0. The smallest absolute Gasteiger partial charge is 0.248 e. The maximum Gasteiger partial charge on any atom is 0.248 e. The highest BCUT2D eigenvalue weighted by molar-refractivity contribution is 5.60. The molecule has 0 saturated carbocycles. The van der Waals surface area contributed by atoms with Gasteiger partial charge in [-0.2, -0.15) is 0 Å². The van der Waals surface area contributed by atoms with Crippen LogP contribution in [0.4, 0.5) is 10.1 Å². The van der Waals surface area contributed by atoms with Crippen LogP contribution in [0.1, 0.15) is 0 Å². The summed E-state index contributed by atoms with van der Waals surface area (Å²) in [5.41, 5.74) is 9.43. The van der Waals surface area contributed by atoms with Crippen molar-refractivity contribution in [2.75, 3.05) is 0 Å². The summed E-state index contributed by atoms with van der Waals surface area (Å²) in [7, 11) is 0. The van der Waals surface area contributed by atoms with Crippen LogP contribution >= 0.6 is 0 Å². The van der Waals surface area contributed by atoms with E-state index >= 15 is 0 Å². The molecule has 0 aliphatic heterocycles. The molecular formula is C14H8FN5O. The molecule has 0 unspecified atom stereocenters. The van der Waals surface area contributed by atoms with Gasteiger partial charge in [0, 0.05) is 16.0 Å². The lowest BCUT2D eigenvalue weighted by atomic mass is 10.2. The van der Waals surface area contributed by atoms with Gasteiger partial charge < -0.3 is 4.42 Å². The summed E-state index contributed by atoms with van der Waals surface area (Å²) in [6, 6.07) is 13.4. The molecule has 0 fully saturated rings. The fourth-order valence-electron chi connectivity index (χ4n) is 1.81. The lowest BCUT2D eigenvalue weighted by Crippen LogP contribution is -1.81. The average Bonchev–Trinajstić information content (AvgIpc) is 3.00. The van der Waals surface area contributed by atoms with Crippen molar-refractivity contribution in [3.8, 4) is 22.9 Å². The molecule has 2 aromatic carbocycles. The number of benzene rings is 2. The summed E-state index contributed by atoms with van der Waals surface area (Å²) in [6.45, 7) is 0. The summed E-state index contributed by atoms with van der Waals surface area (Å²) < 4.78 is 19.2. The van der Waals surface area contributed by atoms with Crippen molar-refractivity contribution in [1.29, 1.82) is 0 Å². The van der Waals surface area contributed by atoms with Crippen LogP contribution in [0.25, 0.3) is 33.4 Å². The molecule has 3 rings (SSSR count). The number of azide groups is 1. The monoisotopic (exact) mass is 281 g/mol. The van der Waals surface area contributed by atoms with E-state index in [1.807, 2.05) is 30.3 Å². The van der Waals surface area contributed by atoms with Gasteiger partial charge in [0.1, 0.15) is 5.82 Å². The molecule has 0 N–H and O–H groups in total. The lowest BCUT2D eigenvalue weighted by molar-refractivity contribution is 0.582. The predicted octanol–water partition coefficient (Wildman–Crippen LogP) is 4.48. The van der Waals surface area contributed by atoms with Crippen LogP contribution in [0.2, 0.25) is 0 Å². The first-order chi connectivity index (χ1) is 10.3. The molecule has 0 aliphatic rings. The summed E-state index contributed by atoms with van der Waals surface area (Å²) >= 11 is 0. The number of nitrogens with zero attached hydrogens (tertiary/aromatic N) is 5. The Morgan fingerprint density at radius 2 is 1.71 bits per heavy atom. The first kappa shape index (κ1) is 12.8. The molecule has 6 nitrogen and oxygen atoms in total. The highest BCUT2D eigenvalue weighted by atomic mass is 19.1. The summed E-state index contributed by atoms with van der Waals surface area (Å²) in [5, 5.41) is 11.1. The normalized spacial score (nSPS) is 10.1. The van der Waals surface area contributed by atoms with Crippen molar-refractivity contribution >= 4 is 5.69 Å². The predicted molar refractivity (Wildman–Crippen MR) is 73.9 cm³/mol. The Balaban J connectivity index is 1.97. The Morgan fingerprint density at radius 3 is 2.38 bits per heavy atom. The first-order valence-corrected chi connectivity index (χ1v) is 6.02. The highest BCUT2D eigenvalue weighted by Crippen LogP contribution is 2.27. The molecule has 0 bridgehead atoms. The van der Waals surface area contributed by atoms with E-state index in [1.165, 1.54) is 12.1 Å². The van der Waals surface area contributed by atoms with E-state index in [0.29, 0.717) is 11.5 Å². The van der Waals surface area contributed by atoms with Gasteiger partial charge in [0.25, 0.3) is 0 Å². The molecule has 0 radical (unpaired) electrons. The van der Waals surface area contributed by atoms with Crippen LogP contribution in [0.5, 0.6) is 0 Å². The molecule has 1 aromatic heterocycles. The summed E-state index contributed by atoms with van der Waals surface area (Å²) in [4.78, 5) is 2.55. The SMILES string of the molecule is [N-]=[N+]=Nc1ccc(-c2nnc(-c3ccccc3)o2)cc1F. The van der Waals surface area contributed by atoms with E-state index in [1.54, 1.807) is 6.07 Å². The molecule has 0 amide bonds. The molecular weight excluding hydrogens is 273 g/mol. The fraction of sp³-hybridized carbons (Fsp3) is 0. The zero-order chi connectivity index (χ0) is 14.7. The van der Waals surface area contributed by atoms with Crippen molar-refractivity contribution in [2.24, 2.45) is 5.11 Å². The molecule has 21 heavy (non-hydrogen) atoms. The Morgan fingerprint density at radius 1 is 1.00 bits per heavy atom. The van der Waals surface area contributed by atoms with Crippen molar-refractivity contribution in [3.63, 3.8) is 0 Å². The van der Waals surface area contributed by atoms with Crippen LogP contribution in [0.15, 0.2) is 58.1 Å². The lowest BCUT2D eigenvalue weighted by Gasteiger charge is -1.98. The van der Waals surface area contributed by atoms with Gasteiger partial charge >= 0.3 is 0 Å². The van der Waals surface area contributed by atoms with Crippen LogP contribution in [0, 0.1) is 5.82 Å². The molecule has 0 spiro atoms. The zero-order valence-corrected chi connectivity index (χ0v) is 10.6. The Bertz CT molecular complexity index is 824. The van der Waals surface area contributed by atoms with Crippen molar-refractivity contribution in [2.45, 2.75) is 0 Å². The van der Waals surface area contributed by atoms with Crippen molar-refractivity contribution in [3.05, 3.63) is 64.8 Å². The molecule has 7 heteroatoms. The third-order valence-electron chi connectivity index (χ3n) is 2.79. The number of aromatic nitrogens is 2. The number of rotatable bonds is 3. The molecule has 0 aliphatic carbocycles. The maximum absolute atomic E-state index is 13.7. The second kappa shape index (κ2) is 5.44. The third kappa shape index (κ3) is 2.58. The average molecular weight is 281 g/mol. The maximum atomic E-state index is 13.7. The number of halogens is 1. The third-order valence-corrected chi connectivity index (χ3v) is 2.79. The van der Waals surface area contributed by atoms with Crippen LogP contribution < -0.4 is 0 Å². The molecule has 0 saturated heterocycles. The molecule has 3 aromatic rings. The minimum Gasteiger partial charge on any atom is -0.416 e. The van der Waals surface area contributed by atoms with Gasteiger partial charge in [-0.25, -0.2) is 4.39 Å². The van der Waals surface area contributed by atoms with Gasteiger partial charge in [-0.05, 0) is 35.9 Å². The van der Waals surface area contributed by atoms with Gasteiger partial charge in [0.15, 0.2) is 0 Å². The fourth-order valence-corrected chi connectivity index (χ4v) is 1.81. The standard InChI is InChI=1S/C14H8FN5O/c15-11-8-10(6-7-12(11)17-20-16)14-19-18-13(21-14)9-4-2-1-3-5-9/h1-8H. The first-order valence-electron chi connectivity index (χ1n) is 6.02. The Hall–Kier alpha value is -3.18. The second-order valence-corrected chi connectivity index (χ2v) is 4.13. The highest BCUT2D eigenvalue weighted by Gasteiger charge is 2.12. The summed E-state index contributed by atoms with van der Waals surface area (Å²) in [5.74, 6) is -0.102. The van der Waals surface area contributed by atoms with E-state index in [9.17, 15) is 4.39 Å². The zero-order valence-electron chi connectivity index (χ0n) is 10.6. The molecule has 1 heterocycles. The van der Waals surface area contributed by atoms with Crippen LogP contribution in [0.3, 0.4) is 0 Å². The molecule has 0 atom stereocenters. The Labute approximate surface area is 118 Å². The van der Waals surface area contributed by atoms with E-state index < -0.39 is 5.82 Å². The van der Waals surface area contributed by atoms with Gasteiger partial charge in [-0.1, -0.05) is 23.3 Å². The van der Waals surface area contributed by atoms with Gasteiger partial charge in [0.05, 0.1) is 5.69 Å². The van der Waals surface area contributed by atoms with Crippen LogP contribution in [-0.4, -0.2) is 10.2 Å². The van der Waals surface area contributed by atoms with Gasteiger partial charge in [0.2, 0.25) is 11.8 Å². The Kier molecular flexibility index (Phi) is 3.32. The van der Waals surface area contributed by atoms with E-state index in [4.69, 9.17) is 9.95 Å². The minimum absolute atomic E-state index is 0.0796. The second-order valence-electron chi connectivity index (χ2n) is 4.13. The van der Waals surface area contributed by atoms with Crippen molar-refractivity contribution < 1.29 is 8.81 Å². The van der Waals surface area contributed by atoms with Gasteiger partial charge in [-0.15, -0.1) is 10.2 Å². The van der Waals surface area contributed by atoms with E-state index in [0.717, 1.165) is 5.56 Å².